The maximum Gasteiger partial charge on any atom is 0.253 e. The number of benzene rings is 2. The monoisotopic (exact) mass is 337 g/mol. The Morgan fingerprint density at radius 3 is 2.40 bits per heavy atom. The highest BCUT2D eigenvalue weighted by Crippen LogP contribution is 2.26. The molecule has 2 aromatic carbocycles. The molecule has 3 heteroatoms. The van der Waals surface area contributed by atoms with Gasteiger partial charge in [0.1, 0.15) is 11.5 Å². The first-order valence-electron chi connectivity index (χ1n) is 9.24. The minimum absolute atomic E-state index is 0.113. The molecule has 1 aliphatic heterocycles. The number of para-hydroxylation sites is 1. The third kappa shape index (κ3) is 4.85. The summed E-state index contributed by atoms with van der Waals surface area (Å²) < 4.78 is 5.85. The number of hydrogen-bond acceptors (Lipinski definition) is 2. The Morgan fingerprint density at radius 2 is 1.72 bits per heavy atom. The molecule has 1 heterocycles. The van der Waals surface area contributed by atoms with Gasteiger partial charge >= 0.3 is 0 Å². The van der Waals surface area contributed by atoms with Crippen LogP contribution in [0.4, 0.5) is 0 Å². The minimum atomic E-state index is 0.113. The van der Waals surface area contributed by atoms with Crippen LogP contribution in [0.3, 0.4) is 0 Å². The predicted octanol–water partition coefficient (Wildman–Crippen LogP) is 5.38. The molecule has 0 atom stereocenters. The molecule has 1 fully saturated rings. The van der Waals surface area contributed by atoms with Crippen LogP contribution in [0.5, 0.6) is 11.5 Å². The zero-order valence-electron chi connectivity index (χ0n) is 15.2. The summed E-state index contributed by atoms with van der Waals surface area (Å²) in [5.74, 6) is 3.09. The second kappa shape index (κ2) is 8.19. The van der Waals surface area contributed by atoms with Gasteiger partial charge in [-0.15, -0.1) is 0 Å². The Balaban J connectivity index is 1.62. The van der Waals surface area contributed by atoms with Crippen LogP contribution in [-0.2, 0) is 0 Å². The second-order valence-corrected chi connectivity index (χ2v) is 7.31. The van der Waals surface area contributed by atoms with Crippen molar-refractivity contribution < 1.29 is 9.53 Å². The van der Waals surface area contributed by atoms with Crippen LogP contribution in [0.2, 0.25) is 0 Å². The van der Waals surface area contributed by atoms with E-state index in [2.05, 4.69) is 13.8 Å². The molecule has 0 spiro atoms. The van der Waals surface area contributed by atoms with Crippen LogP contribution >= 0.6 is 0 Å². The third-order valence-corrected chi connectivity index (χ3v) is 4.77. The van der Waals surface area contributed by atoms with E-state index < -0.39 is 0 Å². The number of hydrogen-bond donors (Lipinski definition) is 0. The van der Waals surface area contributed by atoms with E-state index in [0.717, 1.165) is 43.5 Å². The smallest absolute Gasteiger partial charge is 0.253 e. The van der Waals surface area contributed by atoms with E-state index in [-0.39, 0.29) is 5.91 Å². The number of ether oxygens (including phenoxy) is 1. The molecule has 1 amide bonds. The van der Waals surface area contributed by atoms with E-state index in [1.54, 1.807) is 0 Å². The van der Waals surface area contributed by atoms with Gasteiger partial charge in [0.15, 0.2) is 0 Å². The summed E-state index contributed by atoms with van der Waals surface area (Å²) in [6, 6.07) is 17.1. The Morgan fingerprint density at radius 1 is 1.04 bits per heavy atom. The maximum absolute atomic E-state index is 12.8. The lowest BCUT2D eigenvalue weighted by atomic mass is 9.88. The van der Waals surface area contributed by atoms with Crippen molar-refractivity contribution in [3.05, 3.63) is 60.2 Å². The zero-order valence-corrected chi connectivity index (χ0v) is 15.2. The van der Waals surface area contributed by atoms with E-state index in [1.807, 2.05) is 59.5 Å². The third-order valence-electron chi connectivity index (χ3n) is 4.77. The highest BCUT2D eigenvalue weighted by molar-refractivity contribution is 5.94. The lowest BCUT2D eigenvalue weighted by Gasteiger charge is -2.32. The van der Waals surface area contributed by atoms with Gasteiger partial charge in [-0.3, -0.25) is 4.79 Å². The summed E-state index contributed by atoms with van der Waals surface area (Å²) in [5, 5.41) is 0. The number of amides is 1. The first kappa shape index (κ1) is 17.5. The molecule has 0 unspecified atom stereocenters. The van der Waals surface area contributed by atoms with Gasteiger partial charge in [0.25, 0.3) is 5.91 Å². The summed E-state index contributed by atoms with van der Waals surface area (Å²) in [5.41, 5.74) is 0.704. The molecule has 1 saturated heterocycles. The second-order valence-electron chi connectivity index (χ2n) is 7.31. The summed E-state index contributed by atoms with van der Waals surface area (Å²) >= 11 is 0. The van der Waals surface area contributed by atoms with Crippen LogP contribution in [-0.4, -0.2) is 23.9 Å². The summed E-state index contributed by atoms with van der Waals surface area (Å²) in [4.78, 5) is 14.8. The Kier molecular flexibility index (Phi) is 5.75. The first-order valence-corrected chi connectivity index (χ1v) is 9.24. The quantitative estimate of drug-likeness (QED) is 0.733. The minimum Gasteiger partial charge on any atom is -0.457 e. The molecule has 132 valence electrons. The summed E-state index contributed by atoms with van der Waals surface area (Å²) in [7, 11) is 0. The van der Waals surface area contributed by atoms with Gasteiger partial charge in [0, 0.05) is 18.7 Å². The highest BCUT2D eigenvalue weighted by Gasteiger charge is 2.24. The fraction of sp³-hybridized carbons (Fsp3) is 0.409. The lowest BCUT2D eigenvalue weighted by Crippen LogP contribution is -2.38. The van der Waals surface area contributed by atoms with Crippen LogP contribution in [0.1, 0.15) is 43.5 Å². The molecule has 0 N–H and O–H groups in total. The van der Waals surface area contributed by atoms with Crippen LogP contribution in [0.15, 0.2) is 54.6 Å². The Labute approximate surface area is 150 Å². The largest absolute Gasteiger partial charge is 0.457 e. The molecule has 0 aliphatic carbocycles. The fourth-order valence-electron chi connectivity index (χ4n) is 3.54. The SMILES string of the molecule is CC(C)CC1CCN(C(=O)c2cccc(Oc3ccccc3)c2)CC1. The van der Waals surface area contributed by atoms with Crippen molar-refractivity contribution in [3.8, 4) is 11.5 Å². The van der Waals surface area contributed by atoms with E-state index >= 15 is 0 Å². The number of carbonyl (C=O) groups excluding carboxylic acids is 1. The van der Waals surface area contributed by atoms with E-state index in [0.29, 0.717) is 11.3 Å². The van der Waals surface area contributed by atoms with Gasteiger partial charge < -0.3 is 9.64 Å². The highest BCUT2D eigenvalue weighted by atomic mass is 16.5. The first-order chi connectivity index (χ1) is 12.1. The predicted molar refractivity (Wildman–Crippen MR) is 101 cm³/mol. The van der Waals surface area contributed by atoms with Gasteiger partial charge in [-0.2, -0.15) is 0 Å². The molecule has 0 aromatic heterocycles. The van der Waals surface area contributed by atoms with Crippen molar-refractivity contribution in [2.45, 2.75) is 33.1 Å². The average Bonchev–Trinajstić information content (AvgIpc) is 2.62. The summed E-state index contributed by atoms with van der Waals surface area (Å²) in [6.07, 6.45) is 3.50. The van der Waals surface area contributed by atoms with Crippen molar-refractivity contribution in [3.63, 3.8) is 0 Å². The van der Waals surface area contributed by atoms with Crippen LogP contribution in [0.25, 0.3) is 0 Å². The molecule has 0 saturated carbocycles. The van der Waals surface area contributed by atoms with Gasteiger partial charge in [-0.05, 0) is 61.4 Å². The maximum atomic E-state index is 12.8. The molecular weight excluding hydrogens is 310 g/mol. The normalized spacial score (nSPS) is 15.4. The van der Waals surface area contributed by atoms with Gasteiger partial charge in [0.05, 0.1) is 0 Å². The molecule has 2 aromatic rings. The zero-order chi connectivity index (χ0) is 17.6. The summed E-state index contributed by atoms with van der Waals surface area (Å²) in [6.45, 7) is 6.27. The molecule has 0 bridgehead atoms. The Hall–Kier alpha value is -2.29. The molecule has 1 aliphatic rings. The van der Waals surface area contributed by atoms with Crippen LogP contribution < -0.4 is 4.74 Å². The molecule has 0 radical (unpaired) electrons. The van der Waals surface area contributed by atoms with Crippen LogP contribution in [0, 0.1) is 11.8 Å². The molecule has 3 nitrogen and oxygen atoms in total. The molecule has 25 heavy (non-hydrogen) atoms. The molecular formula is C22H27NO2. The number of carbonyl (C=O) groups is 1. The van der Waals surface area contributed by atoms with Crippen molar-refractivity contribution in [1.82, 2.24) is 4.90 Å². The van der Waals surface area contributed by atoms with Gasteiger partial charge in [-0.25, -0.2) is 0 Å². The molecule has 3 rings (SSSR count). The van der Waals surface area contributed by atoms with Gasteiger partial charge in [-0.1, -0.05) is 38.1 Å². The lowest BCUT2D eigenvalue weighted by molar-refractivity contribution is 0.0681. The Bertz CT molecular complexity index is 688. The van der Waals surface area contributed by atoms with E-state index in [9.17, 15) is 4.79 Å². The van der Waals surface area contributed by atoms with Crippen molar-refractivity contribution in [2.75, 3.05) is 13.1 Å². The number of likely N-dealkylation sites (tertiary alicyclic amines) is 1. The van der Waals surface area contributed by atoms with E-state index in [1.165, 1.54) is 6.42 Å². The standard InChI is InChI=1S/C22H27NO2/c1-17(2)15-18-11-13-23(14-12-18)22(24)19-7-6-10-21(16-19)25-20-8-4-3-5-9-20/h3-10,16-18H,11-15H2,1-2H3. The number of rotatable bonds is 5. The van der Waals surface area contributed by atoms with Crippen molar-refractivity contribution in [2.24, 2.45) is 11.8 Å². The number of piperidine rings is 1. The van der Waals surface area contributed by atoms with E-state index in [4.69, 9.17) is 4.74 Å². The topological polar surface area (TPSA) is 29.5 Å². The van der Waals surface area contributed by atoms with Crippen molar-refractivity contribution in [1.29, 1.82) is 0 Å². The average molecular weight is 337 g/mol. The number of nitrogens with zero attached hydrogens (tertiary/aromatic N) is 1. The van der Waals surface area contributed by atoms with Gasteiger partial charge in [0.2, 0.25) is 0 Å². The fourth-order valence-corrected chi connectivity index (χ4v) is 3.54. The van der Waals surface area contributed by atoms with Crippen molar-refractivity contribution >= 4 is 5.91 Å².